The van der Waals surface area contributed by atoms with Crippen LogP contribution in [0.4, 0.5) is 10.5 Å². The van der Waals surface area contributed by atoms with Crippen molar-refractivity contribution in [2.24, 2.45) is 0 Å². The summed E-state index contributed by atoms with van der Waals surface area (Å²) in [6.45, 7) is 3.72. The second-order valence-corrected chi connectivity index (χ2v) is 11.0. The number of rotatable bonds is 7. The van der Waals surface area contributed by atoms with Gasteiger partial charge < -0.3 is 14.3 Å². The Bertz CT molecular complexity index is 1670. The summed E-state index contributed by atoms with van der Waals surface area (Å²) in [5.41, 5.74) is 4.78. The van der Waals surface area contributed by atoms with E-state index in [0.29, 0.717) is 30.0 Å². The van der Waals surface area contributed by atoms with Crippen molar-refractivity contribution >= 4 is 39.5 Å². The molecule has 196 valence electrons. The summed E-state index contributed by atoms with van der Waals surface area (Å²) in [6.07, 6.45) is 0.366. The number of thiazole rings is 1. The molecule has 1 fully saturated rings. The number of fused-ring (bicyclic) bond motifs is 1. The molecular formula is C31H26N2O5S. The minimum Gasteiger partial charge on any atom is -0.481 e. The van der Waals surface area contributed by atoms with Gasteiger partial charge in [-0.15, -0.1) is 11.3 Å². The van der Waals surface area contributed by atoms with Crippen molar-refractivity contribution < 1.29 is 23.8 Å². The standard InChI is InChI=1S/C31H26N2O5S/c1-18(20-6-4-3-5-7-20)37-30(36)33-25-26(38-28-27(25)39-19(2)32-28)23-10-8-21(9-11-23)22-12-14-24(15-13-22)31(16-17-31)29(34)35/h3-15,18H,16-17H2,1-2H3,(H,33,36)(H,34,35). The molecule has 2 heterocycles. The number of carbonyl (C=O) groups is 2. The lowest BCUT2D eigenvalue weighted by molar-refractivity contribution is -0.140. The molecule has 3 aromatic carbocycles. The van der Waals surface area contributed by atoms with Gasteiger partial charge in [0.05, 0.1) is 10.4 Å². The van der Waals surface area contributed by atoms with Crippen molar-refractivity contribution in [2.45, 2.75) is 38.2 Å². The summed E-state index contributed by atoms with van der Waals surface area (Å²) < 4.78 is 12.5. The van der Waals surface area contributed by atoms with Gasteiger partial charge >= 0.3 is 12.1 Å². The number of hydrogen-bond donors (Lipinski definition) is 2. The Morgan fingerprint density at radius 3 is 2.21 bits per heavy atom. The molecule has 7 nitrogen and oxygen atoms in total. The first-order valence-corrected chi connectivity index (χ1v) is 13.5. The number of nitrogens with zero attached hydrogens (tertiary/aromatic N) is 1. The highest BCUT2D eigenvalue weighted by Crippen LogP contribution is 2.48. The molecule has 0 radical (unpaired) electrons. The molecule has 0 spiro atoms. The molecular weight excluding hydrogens is 512 g/mol. The normalized spacial score (nSPS) is 14.6. The highest BCUT2D eigenvalue weighted by atomic mass is 32.1. The molecule has 1 atom stereocenters. The summed E-state index contributed by atoms with van der Waals surface area (Å²) in [6, 6.07) is 25.1. The fourth-order valence-corrected chi connectivity index (χ4v) is 5.68. The Hall–Kier alpha value is -4.43. The molecule has 8 heteroatoms. The van der Waals surface area contributed by atoms with Crippen molar-refractivity contribution in [1.29, 1.82) is 0 Å². The first kappa shape index (κ1) is 24.9. The zero-order valence-electron chi connectivity index (χ0n) is 21.4. The number of furan rings is 1. The van der Waals surface area contributed by atoms with Crippen LogP contribution in [0.3, 0.4) is 0 Å². The van der Waals surface area contributed by atoms with E-state index < -0.39 is 23.6 Å². The maximum atomic E-state index is 12.9. The average molecular weight is 539 g/mol. The van der Waals surface area contributed by atoms with Gasteiger partial charge in [-0.2, -0.15) is 0 Å². The summed E-state index contributed by atoms with van der Waals surface area (Å²) in [4.78, 5) is 29.0. The Morgan fingerprint density at radius 1 is 0.974 bits per heavy atom. The van der Waals surface area contributed by atoms with Crippen molar-refractivity contribution in [2.75, 3.05) is 5.32 Å². The average Bonchev–Trinajstić information content (AvgIpc) is 3.60. The van der Waals surface area contributed by atoms with Gasteiger partial charge in [-0.3, -0.25) is 10.1 Å². The topological polar surface area (TPSA) is 102 Å². The summed E-state index contributed by atoms with van der Waals surface area (Å²) in [5.74, 6) is -0.252. The lowest BCUT2D eigenvalue weighted by Gasteiger charge is -2.14. The second-order valence-electron chi connectivity index (χ2n) is 9.80. The molecule has 1 saturated carbocycles. The van der Waals surface area contributed by atoms with E-state index in [0.717, 1.165) is 37.5 Å². The number of aromatic nitrogens is 1. The van der Waals surface area contributed by atoms with Crippen LogP contribution >= 0.6 is 11.3 Å². The first-order chi connectivity index (χ1) is 18.8. The molecule has 1 unspecified atom stereocenters. The maximum Gasteiger partial charge on any atom is 0.412 e. The Balaban J connectivity index is 1.25. The monoisotopic (exact) mass is 538 g/mol. The molecule has 0 aliphatic heterocycles. The van der Waals surface area contributed by atoms with Crippen LogP contribution in [0.5, 0.6) is 0 Å². The van der Waals surface area contributed by atoms with Crippen molar-refractivity contribution in [3.05, 3.63) is 95.0 Å². The Kier molecular flexibility index (Phi) is 6.19. The van der Waals surface area contributed by atoms with E-state index in [-0.39, 0.29) is 0 Å². The van der Waals surface area contributed by atoms with Crippen LogP contribution in [0.15, 0.2) is 83.3 Å². The van der Waals surface area contributed by atoms with Gasteiger partial charge in [0.2, 0.25) is 5.71 Å². The van der Waals surface area contributed by atoms with Gasteiger partial charge in [-0.25, -0.2) is 9.78 Å². The summed E-state index contributed by atoms with van der Waals surface area (Å²) in [7, 11) is 0. The third-order valence-corrected chi connectivity index (χ3v) is 8.18. The number of nitrogens with one attached hydrogen (secondary N) is 1. The maximum absolute atomic E-state index is 12.9. The fraction of sp³-hybridized carbons (Fsp3) is 0.194. The number of aliphatic carboxylic acids is 1. The predicted octanol–water partition coefficient (Wildman–Crippen LogP) is 7.96. The van der Waals surface area contributed by atoms with Gasteiger partial charge in [0, 0.05) is 5.56 Å². The number of amides is 1. The fourth-order valence-electron chi connectivity index (χ4n) is 4.83. The number of hydrogen-bond acceptors (Lipinski definition) is 6. The number of aryl methyl sites for hydroxylation is 1. The molecule has 0 saturated heterocycles. The van der Waals surface area contributed by atoms with Gasteiger partial charge in [0.25, 0.3) is 0 Å². The minimum atomic E-state index is -0.759. The zero-order chi connectivity index (χ0) is 27.1. The smallest absolute Gasteiger partial charge is 0.412 e. The van der Waals surface area contributed by atoms with Crippen molar-refractivity contribution in [1.82, 2.24) is 4.98 Å². The molecule has 39 heavy (non-hydrogen) atoms. The van der Waals surface area contributed by atoms with Gasteiger partial charge in [0.1, 0.15) is 16.5 Å². The lowest BCUT2D eigenvalue weighted by Crippen LogP contribution is -2.19. The van der Waals surface area contributed by atoms with Gasteiger partial charge in [-0.1, -0.05) is 78.9 Å². The molecule has 0 bridgehead atoms. The van der Waals surface area contributed by atoms with Crippen LogP contribution in [0, 0.1) is 6.92 Å². The molecule has 1 aliphatic rings. The van der Waals surface area contributed by atoms with Crippen LogP contribution in [-0.4, -0.2) is 22.2 Å². The third-order valence-electron chi connectivity index (χ3n) is 7.21. The van der Waals surface area contributed by atoms with E-state index in [9.17, 15) is 14.7 Å². The number of anilines is 1. The third kappa shape index (κ3) is 4.68. The van der Waals surface area contributed by atoms with Crippen LogP contribution in [0.2, 0.25) is 0 Å². The molecule has 2 aromatic heterocycles. The highest BCUT2D eigenvalue weighted by molar-refractivity contribution is 7.19. The Labute approximate surface area is 229 Å². The van der Waals surface area contributed by atoms with Gasteiger partial charge in [-0.05, 0) is 48.9 Å². The highest BCUT2D eigenvalue weighted by Gasteiger charge is 2.51. The van der Waals surface area contributed by atoms with E-state index in [1.165, 1.54) is 11.3 Å². The number of ether oxygens (including phenoxy) is 1. The molecule has 2 N–H and O–H groups in total. The SMILES string of the molecule is Cc1nc2oc(-c3ccc(-c4ccc(C5(C(=O)O)CC5)cc4)cc3)c(NC(=O)OC(C)c3ccccc3)c2s1. The first-order valence-electron chi connectivity index (χ1n) is 12.7. The zero-order valence-corrected chi connectivity index (χ0v) is 22.2. The summed E-state index contributed by atoms with van der Waals surface area (Å²) >= 11 is 1.44. The van der Waals surface area contributed by atoms with Crippen molar-refractivity contribution in [3.8, 4) is 22.5 Å². The lowest BCUT2D eigenvalue weighted by atomic mass is 9.93. The summed E-state index contributed by atoms with van der Waals surface area (Å²) in [5, 5.41) is 13.3. The Morgan fingerprint density at radius 2 is 1.59 bits per heavy atom. The van der Waals surface area contributed by atoms with E-state index in [1.807, 2.05) is 92.7 Å². The minimum absolute atomic E-state index is 0.420. The van der Waals surface area contributed by atoms with Crippen LogP contribution in [0.25, 0.3) is 32.9 Å². The van der Waals surface area contributed by atoms with E-state index >= 15 is 0 Å². The van der Waals surface area contributed by atoms with Crippen LogP contribution < -0.4 is 5.32 Å². The molecule has 1 amide bonds. The number of carboxylic acid groups (broad SMARTS) is 1. The quantitative estimate of drug-likeness (QED) is 0.218. The largest absolute Gasteiger partial charge is 0.481 e. The van der Waals surface area contributed by atoms with E-state index in [4.69, 9.17) is 9.15 Å². The molecule has 6 rings (SSSR count). The van der Waals surface area contributed by atoms with Gasteiger partial charge in [0.15, 0.2) is 5.76 Å². The second kappa shape index (κ2) is 9.71. The predicted molar refractivity (Wildman–Crippen MR) is 151 cm³/mol. The number of carboxylic acids is 1. The van der Waals surface area contributed by atoms with Crippen molar-refractivity contribution in [3.63, 3.8) is 0 Å². The van der Waals surface area contributed by atoms with E-state index in [2.05, 4.69) is 10.3 Å². The number of carbonyl (C=O) groups excluding carboxylic acids is 1. The van der Waals surface area contributed by atoms with Crippen LogP contribution in [0.1, 0.15) is 42.0 Å². The molecule has 1 aliphatic carbocycles. The van der Waals surface area contributed by atoms with E-state index in [1.54, 1.807) is 0 Å². The van der Waals surface area contributed by atoms with Crippen LogP contribution in [-0.2, 0) is 14.9 Å². The molecule has 5 aromatic rings. The number of benzene rings is 3.